The number of anilines is 1. The molecule has 0 atom stereocenters. The van der Waals surface area contributed by atoms with Crippen LogP contribution in [0.25, 0.3) is 0 Å². The van der Waals surface area contributed by atoms with E-state index in [2.05, 4.69) is 16.3 Å². The smallest absolute Gasteiger partial charge is 0.235 e. The fourth-order valence-electron chi connectivity index (χ4n) is 5.46. The first-order chi connectivity index (χ1) is 16.0. The van der Waals surface area contributed by atoms with Crippen LogP contribution < -0.4 is 5.32 Å². The van der Waals surface area contributed by atoms with Gasteiger partial charge in [0.1, 0.15) is 11.6 Å². The molecule has 5 rings (SSSR count). The molecule has 1 saturated heterocycles. The van der Waals surface area contributed by atoms with Gasteiger partial charge in [0.2, 0.25) is 5.91 Å². The summed E-state index contributed by atoms with van der Waals surface area (Å²) < 4.78 is 26.9. The zero-order valence-corrected chi connectivity index (χ0v) is 18.6. The van der Waals surface area contributed by atoms with E-state index in [1.807, 2.05) is 42.5 Å². The van der Waals surface area contributed by atoms with Gasteiger partial charge >= 0.3 is 0 Å². The lowest BCUT2D eigenvalue weighted by Crippen LogP contribution is -2.46. The SMILES string of the molecule is O=C1Nc2ccccc2C12CCN(CCCC(c1ccc(F)cc1)c1ccc(F)cc1)CC2. The molecule has 2 aliphatic rings. The molecule has 3 aromatic carbocycles. The molecule has 1 spiro atoms. The summed E-state index contributed by atoms with van der Waals surface area (Å²) in [6, 6.07) is 21.3. The minimum atomic E-state index is -0.391. The number of rotatable bonds is 6. The summed E-state index contributed by atoms with van der Waals surface area (Å²) in [6.45, 7) is 2.72. The second-order valence-corrected chi connectivity index (χ2v) is 9.22. The highest BCUT2D eigenvalue weighted by atomic mass is 19.1. The summed E-state index contributed by atoms with van der Waals surface area (Å²) in [5.41, 5.74) is 3.79. The van der Waals surface area contributed by atoms with Crippen molar-refractivity contribution in [3.8, 4) is 0 Å². The van der Waals surface area contributed by atoms with Crippen LogP contribution in [0.15, 0.2) is 72.8 Å². The van der Waals surface area contributed by atoms with Crippen LogP contribution in [0.4, 0.5) is 14.5 Å². The van der Waals surface area contributed by atoms with Crippen LogP contribution in [0.1, 0.15) is 48.3 Å². The van der Waals surface area contributed by atoms with Gasteiger partial charge in [0, 0.05) is 11.6 Å². The fourth-order valence-corrected chi connectivity index (χ4v) is 5.46. The highest BCUT2D eigenvalue weighted by Crippen LogP contribution is 2.44. The molecule has 0 radical (unpaired) electrons. The molecule has 170 valence electrons. The maximum atomic E-state index is 13.5. The quantitative estimate of drug-likeness (QED) is 0.514. The van der Waals surface area contributed by atoms with Crippen molar-refractivity contribution in [3.63, 3.8) is 0 Å². The van der Waals surface area contributed by atoms with Gasteiger partial charge in [-0.3, -0.25) is 4.79 Å². The van der Waals surface area contributed by atoms with E-state index >= 15 is 0 Å². The number of likely N-dealkylation sites (tertiary alicyclic amines) is 1. The summed E-state index contributed by atoms with van der Waals surface area (Å²) in [5, 5.41) is 3.06. The van der Waals surface area contributed by atoms with Crippen LogP contribution in [0.2, 0.25) is 0 Å². The van der Waals surface area contributed by atoms with E-state index in [1.165, 1.54) is 24.3 Å². The molecular weight excluding hydrogens is 418 g/mol. The predicted molar refractivity (Wildman–Crippen MR) is 126 cm³/mol. The molecule has 33 heavy (non-hydrogen) atoms. The molecule has 1 fully saturated rings. The molecule has 2 heterocycles. The van der Waals surface area contributed by atoms with Gasteiger partial charge in [-0.1, -0.05) is 42.5 Å². The minimum Gasteiger partial charge on any atom is -0.325 e. The topological polar surface area (TPSA) is 32.3 Å². The zero-order chi connectivity index (χ0) is 22.8. The number of nitrogens with zero attached hydrogens (tertiary/aromatic N) is 1. The van der Waals surface area contributed by atoms with E-state index in [4.69, 9.17) is 0 Å². The minimum absolute atomic E-state index is 0.0924. The molecule has 3 nitrogen and oxygen atoms in total. The Balaban J connectivity index is 1.22. The number of nitrogens with one attached hydrogen (secondary N) is 1. The second kappa shape index (κ2) is 9.06. The lowest BCUT2D eigenvalue weighted by Gasteiger charge is -2.38. The highest BCUT2D eigenvalue weighted by molar-refractivity contribution is 6.06. The summed E-state index contributed by atoms with van der Waals surface area (Å²) in [7, 11) is 0. The van der Waals surface area contributed by atoms with Gasteiger partial charge in [0.15, 0.2) is 0 Å². The molecule has 0 aromatic heterocycles. The molecular formula is C28H28F2N2O. The van der Waals surface area contributed by atoms with Gasteiger partial charge in [0.25, 0.3) is 0 Å². The third-order valence-corrected chi connectivity index (χ3v) is 7.35. The average molecular weight is 447 g/mol. The van der Waals surface area contributed by atoms with E-state index in [9.17, 15) is 13.6 Å². The zero-order valence-electron chi connectivity index (χ0n) is 18.6. The van der Waals surface area contributed by atoms with Gasteiger partial charge in [-0.15, -0.1) is 0 Å². The fraction of sp³-hybridized carbons (Fsp3) is 0.321. The van der Waals surface area contributed by atoms with Gasteiger partial charge in [-0.2, -0.15) is 0 Å². The monoisotopic (exact) mass is 446 g/mol. The Labute approximate surface area is 193 Å². The van der Waals surface area contributed by atoms with Crippen molar-refractivity contribution in [2.75, 3.05) is 25.0 Å². The number of para-hydroxylation sites is 1. The average Bonchev–Trinajstić information content (AvgIpc) is 3.10. The Bertz CT molecular complexity index is 1070. The molecule has 3 aromatic rings. The Hall–Kier alpha value is -3.05. The molecule has 1 N–H and O–H groups in total. The van der Waals surface area contributed by atoms with E-state index in [1.54, 1.807) is 0 Å². The summed E-state index contributed by atoms with van der Waals surface area (Å²) in [4.78, 5) is 15.2. The summed E-state index contributed by atoms with van der Waals surface area (Å²) in [6.07, 6.45) is 3.52. The molecule has 0 saturated carbocycles. The Morgan fingerprint density at radius 3 is 2.03 bits per heavy atom. The van der Waals surface area contributed by atoms with Crippen LogP contribution >= 0.6 is 0 Å². The largest absolute Gasteiger partial charge is 0.325 e. The molecule has 0 bridgehead atoms. The normalized spacial score (nSPS) is 17.4. The van der Waals surface area contributed by atoms with Gasteiger partial charge < -0.3 is 10.2 Å². The van der Waals surface area contributed by atoms with Crippen LogP contribution in [0.3, 0.4) is 0 Å². The third-order valence-electron chi connectivity index (χ3n) is 7.35. The van der Waals surface area contributed by atoms with E-state index in [-0.39, 0.29) is 23.5 Å². The lowest BCUT2D eigenvalue weighted by atomic mass is 9.73. The van der Waals surface area contributed by atoms with E-state index in [0.29, 0.717) is 0 Å². The maximum absolute atomic E-state index is 13.5. The van der Waals surface area contributed by atoms with Crippen molar-refractivity contribution in [1.29, 1.82) is 0 Å². The Kier molecular flexibility index (Phi) is 5.98. The van der Waals surface area contributed by atoms with Crippen LogP contribution in [-0.4, -0.2) is 30.4 Å². The van der Waals surface area contributed by atoms with Crippen LogP contribution in [0.5, 0.6) is 0 Å². The molecule has 5 heteroatoms. The third kappa shape index (κ3) is 4.30. The Morgan fingerprint density at radius 2 is 1.42 bits per heavy atom. The number of halogens is 2. The van der Waals surface area contributed by atoms with Crippen molar-refractivity contribution in [3.05, 3.63) is 101 Å². The highest BCUT2D eigenvalue weighted by Gasteiger charge is 2.48. The Morgan fingerprint density at radius 1 is 0.848 bits per heavy atom. The molecule has 0 aliphatic carbocycles. The number of benzene rings is 3. The number of fused-ring (bicyclic) bond motifs is 2. The maximum Gasteiger partial charge on any atom is 0.235 e. The second-order valence-electron chi connectivity index (χ2n) is 9.22. The first-order valence-electron chi connectivity index (χ1n) is 11.7. The summed E-state index contributed by atoms with van der Waals surface area (Å²) in [5.74, 6) is -0.279. The number of amides is 1. The molecule has 2 aliphatic heterocycles. The van der Waals surface area contributed by atoms with E-state index in [0.717, 1.165) is 67.7 Å². The first-order valence-corrected chi connectivity index (χ1v) is 11.7. The summed E-state index contributed by atoms with van der Waals surface area (Å²) >= 11 is 0. The number of hydrogen-bond donors (Lipinski definition) is 1. The van der Waals surface area contributed by atoms with Crippen molar-refractivity contribution in [1.82, 2.24) is 4.90 Å². The number of piperidine rings is 1. The molecule has 0 unspecified atom stereocenters. The number of hydrogen-bond acceptors (Lipinski definition) is 2. The van der Waals surface area contributed by atoms with Crippen molar-refractivity contribution in [2.24, 2.45) is 0 Å². The first kappa shape index (κ1) is 21.8. The number of carbonyl (C=O) groups is 1. The van der Waals surface area contributed by atoms with Gasteiger partial charge in [-0.05, 0) is 92.3 Å². The van der Waals surface area contributed by atoms with Crippen molar-refractivity contribution in [2.45, 2.75) is 37.0 Å². The van der Waals surface area contributed by atoms with Crippen molar-refractivity contribution < 1.29 is 13.6 Å². The lowest BCUT2D eigenvalue weighted by molar-refractivity contribution is -0.122. The van der Waals surface area contributed by atoms with Crippen LogP contribution in [0, 0.1) is 11.6 Å². The number of carbonyl (C=O) groups excluding carboxylic acids is 1. The van der Waals surface area contributed by atoms with Gasteiger partial charge in [0.05, 0.1) is 5.41 Å². The van der Waals surface area contributed by atoms with Crippen molar-refractivity contribution >= 4 is 11.6 Å². The van der Waals surface area contributed by atoms with Gasteiger partial charge in [-0.25, -0.2) is 8.78 Å². The molecule has 1 amide bonds. The van der Waals surface area contributed by atoms with Crippen LogP contribution in [-0.2, 0) is 10.2 Å². The van der Waals surface area contributed by atoms with E-state index < -0.39 is 5.41 Å². The standard InChI is InChI=1S/C28H28F2N2O/c29-22-11-7-20(8-12-22)24(21-9-13-23(30)14-10-21)4-3-17-32-18-15-28(16-19-32)25-5-1-2-6-26(25)31-27(28)33/h1-2,5-14,24H,3-4,15-19H2,(H,31,33). The predicted octanol–water partition coefficient (Wildman–Crippen LogP) is 5.86.